The largest absolute Gasteiger partial charge is 0.311 e. The smallest absolute Gasteiger partial charge is 0.286 e. The molecular weight excluding hydrogens is 418 g/mol. The number of rotatable bonds is 2. The predicted octanol–water partition coefficient (Wildman–Crippen LogP) is 3.23. The summed E-state index contributed by atoms with van der Waals surface area (Å²) in [5.74, 6) is -1.41. The van der Waals surface area contributed by atoms with Gasteiger partial charge in [-0.05, 0) is 30.4 Å². The number of carbonyl (C=O) groups excluding carboxylic acids is 3. The number of amides is 3. The molecule has 3 amide bonds. The van der Waals surface area contributed by atoms with Gasteiger partial charge < -0.3 is 4.90 Å². The Bertz CT molecular complexity index is 1100. The molecule has 9 heteroatoms. The molecule has 2 heterocycles. The van der Waals surface area contributed by atoms with Gasteiger partial charge in [-0.2, -0.15) is 5.01 Å². The average molecular weight is 430 g/mol. The maximum Gasteiger partial charge on any atom is 0.286 e. The first kappa shape index (κ1) is 18.7. The molecule has 0 aliphatic carbocycles. The van der Waals surface area contributed by atoms with Crippen molar-refractivity contribution in [2.24, 2.45) is 0 Å². The van der Waals surface area contributed by atoms with E-state index in [0.717, 1.165) is 16.8 Å². The first-order valence-electron chi connectivity index (χ1n) is 8.13. The number of benzene rings is 2. The monoisotopic (exact) mass is 429 g/mol. The number of nitrogens with one attached hydrogen (secondary N) is 1. The molecule has 2 aromatic rings. The zero-order valence-corrected chi connectivity index (χ0v) is 16.8. The van der Waals surface area contributed by atoms with E-state index in [1.54, 1.807) is 49.5 Å². The molecule has 0 aromatic heterocycles. The first-order valence-corrected chi connectivity index (χ1v) is 9.74. The van der Waals surface area contributed by atoms with Gasteiger partial charge >= 0.3 is 0 Å². The molecule has 1 saturated heterocycles. The van der Waals surface area contributed by atoms with Crippen molar-refractivity contribution in [3.8, 4) is 0 Å². The van der Waals surface area contributed by atoms with Crippen LogP contribution >= 0.6 is 35.6 Å². The molecule has 140 valence electrons. The van der Waals surface area contributed by atoms with Crippen LogP contribution in [0.25, 0.3) is 5.57 Å². The minimum atomic E-state index is -0.566. The van der Waals surface area contributed by atoms with E-state index in [4.69, 9.17) is 23.8 Å². The summed E-state index contributed by atoms with van der Waals surface area (Å²) in [5.41, 5.74) is 4.35. The Morgan fingerprint density at radius 1 is 1.07 bits per heavy atom. The number of anilines is 1. The van der Waals surface area contributed by atoms with Gasteiger partial charge in [0.15, 0.2) is 4.32 Å². The van der Waals surface area contributed by atoms with Crippen LogP contribution in [0.4, 0.5) is 5.69 Å². The summed E-state index contributed by atoms with van der Waals surface area (Å²) in [4.78, 5) is 39.9. The Kier molecular flexibility index (Phi) is 4.70. The van der Waals surface area contributed by atoms with Crippen molar-refractivity contribution in [3.63, 3.8) is 0 Å². The molecule has 0 bridgehead atoms. The van der Waals surface area contributed by atoms with E-state index < -0.39 is 11.8 Å². The number of thiocarbonyl (C=S) groups is 1. The summed E-state index contributed by atoms with van der Waals surface area (Å²) >= 11 is 12.3. The van der Waals surface area contributed by atoms with Gasteiger partial charge in [0.25, 0.3) is 17.7 Å². The van der Waals surface area contributed by atoms with E-state index in [1.165, 1.54) is 4.90 Å². The van der Waals surface area contributed by atoms with Crippen molar-refractivity contribution < 1.29 is 14.4 Å². The molecule has 2 aromatic carbocycles. The van der Waals surface area contributed by atoms with E-state index in [2.05, 4.69) is 5.43 Å². The maximum absolute atomic E-state index is 13.0. The molecule has 2 aliphatic rings. The van der Waals surface area contributed by atoms with Crippen LogP contribution in [0.1, 0.15) is 15.9 Å². The molecule has 0 radical (unpaired) electrons. The quantitative estimate of drug-likeness (QED) is 0.586. The Balaban J connectivity index is 1.69. The highest BCUT2D eigenvalue weighted by Crippen LogP contribution is 2.43. The van der Waals surface area contributed by atoms with Crippen LogP contribution in [0, 0.1) is 0 Å². The summed E-state index contributed by atoms with van der Waals surface area (Å²) in [5, 5.41) is 1.23. The number of fused-ring (bicyclic) bond motifs is 1. The molecular formula is C19H12ClN3O3S2. The summed E-state index contributed by atoms with van der Waals surface area (Å²) < 4.78 is 0.132. The number of carbonyl (C=O) groups is 3. The second kappa shape index (κ2) is 7.05. The molecule has 0 unspecified atom stereocenters. The average Bonchev–Trinajstić information content (AvgIpc) is 3.10. The van der Waals surface area contributed by atoms with Gasteiger partial charge in [0.05, 0.1) is 26.8 Å². The number of nitrogens with zero attached hydrogens (tertiary/aromatic N) is 2. The Morgan fingerprint density at radius 2 is 1.75 bits per heavy atom. The summed E-state index contributed by atoms with van der Waals surface area (Å²) in [7, 11) is 1.65. The van der Waals surface area contributed by atoms with Crippen LogP contribution in [0.2, 0.25) is 5.02 Å². The molecule has 28 heavy (non-hydrogen) atoms. The maximum atomic E-state index is 13.0. The fourth-order valence-electron chi connectivity index (χ4n) is 3.01. The Morgan fingerprint density at radius 3 is 2.50 bits per heavy atom. The molecule has 0 atom stereocenters. The van der Waals surface area contributed by atoms with Crippen LogP contribution in [-0.4, -0.2) is 34.1 Å². The second-order valence-corrected chi connectivity index (χ2v) is 8.07. The van der Waals surface area contributed by atoms with Crippen molar-refractivity contribution in [2.75, 3.05) is 11.9 Å². The Hall–Kier alpha value is -2.68. The van der Waals surface area contributed by atoms with Crippen LogP contribution in [0.5, 0.6) is 0 Å². The number of para-hydroxylation sites is 1. The van der Waals surface area contributed by atoms with E-state index in [-0.39, 0.29) is 31.3 Å². The van der Waals surface area contributed by atoms with Crippen molar-refractivity contribution in [2.45, 2.75) is 0 Å². The molecule has 0 saturated carbocycles. The van der Waals surface area contributed by atoms with Crippen LogP contribution < -0.4 is 10.3 Å². The number of hydrazine groups is 1. The summed E-state index contributed by atoms with van der Waals surface area (Å²) in [6, 6.07) is 13.7. The minimum Gasteiger partial charge on any atom is -0.311 e. The third kappa shape index (κ3) is 2.90. The van der Waals surface area contributed by atoms with Crippen molar-refractivity contribution in [1.82, 2.24) is 10.4 Å². The molecule has 1 fully saturated rings. The van der Waals surface area contributed by atoms with Gasteiger partial charge in [0.2, 0.25) is 0 Å². The van der Waals surface area contributed by atoms with Gasteiger partial charge in [-0.1, -0.05) is 53.7 Å². The van der Waals surface area contributed by atoms with Gasteiger partial charge in [-0.25, -0.2) is 0 Å². The van der Waals surface area contributed by atoms with Gasteiger partial charge in [0.1, 0.15) is 0 Å². The SMILES string of the molecule is CN1C(=O)/C(=C2/SC(=S)N(NC(=O)c3ccccc3Cl)C2=O)c2ccccc21. The number of likely N-dealkylation sites (N-methyl/N-ethyl adjacent to an activating group) is 1. The standard InChI is InChI=1S/C19H12ClN3O3S2/c1-22-13-9-5-3-7-11(13)14(17(22)25)15-18(26)23(19(27)28-15)21-16(24)10-6-2-4-8-12(10)20/h2-9H,1H3,(H,21,24)/b15-14+. The van der Waals surface area contributed by atoms with Crippen LogP contribution in [0.3, 0.4) is 0 Å². The van der Waals surface area contributed by atoms with Gasteiger partial charge in [0, 0.05) is 12.6 Å². The molecule has 6 nitrogen and oxygen atoms in total. The zero-order valence-electron chi connectivity index (χ0n) is 14.4. The fourth-order valence-corrected chi connectivity index (χ4v) is 4.48. The van der Waals surface area contributed by atoms with E-state index in [1.807, 2.05) is 6.07 Å². The molecule has 0 spiro atoms. The number of halogens is 1. The lowest BCUT2D eigenvalue weighted by molar-refractivity contribution is -0.124. The number of thioether (sulfide) groups is 1. The summed E-state index contributed by atoms with van der Waals surface area (Å²) in [6.07, 6.45) is 0. The van der Waals surface area contributed by atoms with E-state index in [9.17, 15) is 14.4 Å². The molecule has 2 aliphatic heterocycles. The molecule has 1 N–H and O–H groups in total. The predicted molar refractivity (Wildman–Crippen MR) is 113 cm³/mol. The topological polar surface area (TPSA) is 69.7 Å². The lowest BCUT2D eigenvalue weighted by Gasteiger charge is -2.16. The van der Waals surface area contributed by atoms with Crippen LogP contribution in [0.15, 0.2) is 53.4 Å². The Labute approximate surface area is 175 Å². The highest BCUT2D eigenvalue weighted by molar-refractivity contribution is 8.26. The van der Waals surface area contributed by atoms with Gasteiger partial charge in [-0.15, -0.1) is 0 Å². The third-order valence-electron chi connectivity index (χ3n) is 4.38. The highest BCUT2D eigenvalue weighted by Gasteiger charge is 2.41. The first-order chi connectivity index (χ1) is 13.4. The highest BCUT2D eigenvalue weighted by atomic mass is 35.5. The van der Waals surface area contributed by atoms with Gasteiger partial charge in [-0.3, -0.25) is 19.8 Å². The lowest BCUT2D eigenvalue weighted by atomic mass is 10.1. The third-order valence-corrected chi connectivity index (χ3v) is 6.08. The zero-order chi connectivity index (χ0) is 20.0. The summed E-state index contributed by atoms with van der Waals surface area (Å²) in [6.45, 7) is 0. The normalized spacial score (nSPS) is 18.7. The number of hydrogen-bond acceptors (Lipinski definition) is 5. The van der Waals surface area contributed by atoms with Crippen molar-refractivity contribution >= 4 is 68.9 Å². The molecule has 4 rings (SSSR count). The fraction of sp³-hybridized carbons (Fsp3) is 0.0526. The number of hydrogen-bond donors (Lipinski definition) is 1. The van der Waals surface area contributed by atoms with Crippen LogP contribution in [-0.2, 0) is 9.59 Å². The van der Waals surface area contributed by atoms with E-state index in [0.29, 0.717) is 11.3 Å². The minimum absolute atomic E-state index is 0.132. The van der Waals surface area contributed by atoms with E-state index >= 15 is 0 Å². The lowest BCUT2D eigenvalue weighted by Crippen LogP contribution is -2.45. The van der Waals surface area contributed by atoms with Crippen molar-refractivity contribution in [1.29, 1.82) is 0 Å². The second-order valence-electron chi connectivity index (χ2n) is 6.01. The van der Waals surface area contributed by atoms with Crippen molar-refractivity contribution in [3.05, 3.63) is 69.6 Å².